The fourth-order valence-corrected chi connectivity index (χ4v) is 5.09. The van der Waals surface area contributed by atoms with E-state index in [9.17, 15) is 24.0 Å². The van der Waals surface area contributed by atoms with Gasteiger partial charge in [0.15, 0.2) is 0 Å². The fourth-order valence-electron chi connectivity index (χ4n) is 4.97. The number of amides is 5. The Hall–Kier alpha value is -3.60. The lowest BCUT2D eigenvalue weighted by atomic mass is 10.0. The molecule has 37 heavy (non-hydrogen) atoms. The van der Waals surface area contributed by atoms with E-state index in [-0.39, 0.29) is 42.1 Å². The number of piperidine rings is 1. The van der Waals surface area contributed by atoms with Crippen LogP contribution in [0.3, 0.4) is 0 Å². The number of halogens is 1. The third-order valence-electron chi connectivity index (χ3n) is 6.89. The normalized spacial score (nSPS) is 20.7. The summed E-state index contributed by atoms with van der Waals surface area (Å²) in [4.78, 5) is 68.1. The molecular weight excluding hydrogens is 498 g/mol. The Bertz CT molecular complexity index is 1270. The first-order chi connectivity index (χ1) is 17.8. The van der Waals surface area contributed by atoms with Gasteiger partial charge in [-0.15, -0.1) is 0 Å². The average molecular weight is 524 g/mol. The van der Waals surface area contributed by atoms with Crippen molar-refractivity contribution in [2.75, 3.05) is 38.0 Å². The highest BCUT2D eigenvalue weighted by atomic mass is 35.5. The maximum atomic E-state index is 13.2. The number of carbonyl (C=O) groups excluding carboxylic acids is 5. The van der Waals surface area contributed by atoms with Crippen LogP contribution in [0, 0.1) is 0 Å². The summed E-state index contributed by atoms with van der Waals surface area (Å²) in [5, 5.41) is 5.66. The predicted molar refractivity (Wildman–Crippen MR) is 135 cm³/mol. The Kier molecular flexibility index (Phi) is 7.05. The summed E-state index contributed by atoms with van der Waals surface area (Å²) in [5.41, 5.74) is 1.61. The summed E-state index contributed by atoms with van der Waals surface area (Å²) in [7, 11) is 0. The van der Waals surface area contributed by atoms with Gasteiger partial charge in [-0.1, -0.05) is 29.8 Å². The predicted octanol–water partition coefficient (Wildman–Crippen LogP) is 1.50. The smallest absolute Gasteiger partial charge is 0.264 e. The maximum Gasteiger partial charge on any atom is 0.264 e. The zero-order chi connectivity index (χ0) is 26.1. The van der Waals surface area contributed by atoms with Crippen LogP contribution in [0.25, 0.3) is 0 Å². The van der Waals surface area contributed by atoms with E-state index in [1.54, 1.807) is 12.1 Å². The lowest BCUT2D eigenvalue weighted by Gasteiger charge is -2.34. The Morgan fingerprint density at radius 1 is 0.946 bits per heavy atom. The summed E-state index contributed by atoms with van der Waals surface area (Å²) in [6.07, 6.45) is 0.113. The van der Waals surface area contributed by atoms with Crippen LogP contribution in [0.4, 0.5) is 5.69 Å². The number of nitrogens with zero attached hydrogens (tertiary/aromatic N) is 3. The van der Waals surface area contributed by atoms with Crippen LogP contribution in [-0.4, -0.2) is 83.0 Å². The molecule has 5 rings (SSSR count). The van der Waals surface area contributed by atoms with Crippen LogP contribution in [0.1, 0.15) is 39.1 Å². The van der Waals surface area contributed by atoms with Crippen molar-refractivity contribution < 1.29 is 24.0 Å². The number of anilines is 1. The van der Waals surface area contributed by atoms with E-state index in [0.29, 0.717) is 18.1 Å². The molecule has 5 amide bonds. The van der Waals surface area contributed by atoms with Crippen LogP contribution in [0.2, 0.25) is 5.02 Å². The van der Waals surface area contributed by atoms with Gasteiger partial charge in [-0.05, 0) is 36.2 Å². The second-order valence-electron chi connectivity index (χ2n) is 9.40. The molecule has 2 fully saturated rings. The molecule has 1 unspecified atom stereocenters. The van der Waals surface area contributed by atoms with Crippen LogP contribution in [0.15, 0.2) is 42.5 Å². The number of hydrogen-bond acceptors (Lipinski definition) is 7. The lowest BCUT2D eigenvalue weighted by Crippen LogP contribution is -2.54. The summed E-state index contributed by atoms with van der Waals surface area (Å²) in [6.45, 7) is 4.02. The number of fused-ring (bicyclic) bond motifs is 1. The number of hydrogen-bond donors (Lipinski definition) is 2. The first kappa shape index (κ1) is 25.1. The highest BCUT2D eigenvalue weighted by Gasteiger charge is 2.45. The van der Waals surface area contributed by atoms with Crippen LogP contribution < -0.4 is 10.6 Å². The lowest BCUT2D eigenvalue weighted by molar-refractivity contribution is -0.136. The first-order valence-electron chi connectivity index (χ1n) is 12.1. The van der Waals surface area contributed by atoms with Gasteiger partial charge in [0.2, 0.25) is 17.7 Å². The molecule has 0 aliphatic carbocycles. The Morgan fingerprint density at radius 3 is 2.35 bits per heavy atom. The average Bonchev–Trinajstić information content (AvgIpc) is 3.12. The highest BCUT2D eigenvalue weighted by molar-refractivity contribution is 6.30. The molecule has 11 heteroatoms. The van der Waals surface area contributed by atoms with Gasteiger partial charge < -0.3 is 5.32 Å². The summed E-state index contributed by atoms with van der Waals surface area (Å²) >= 11 is 5.96. The largest absolute Gasteiger partial charge is 0.324 e. The molecule has 3 heterocycles. The molecule has 10 nitrogen and oxygen atoms in total. The molecule has 0 saturated carbocycles. The van der Waals surface area contributed by atoms with Crippen molar-refractivity contribution in [3.05, 3.63) is 64.2 Å². The SMILES string of the molecule is O=C1CCC(N2C(=O)c3cccc(NC(=O)CN4CCN(Cc5ccc(Cl)cc5)CC4)c3C2=O)C(=O)N1. The number of carbonyl (C=O) groups is 5. The molecule has 0 spiro atoms. The van der Waals surface area contributed by atoms with Crippen molar-refractivity contribution in [3.8, 4) is 0 Å². The molecule has 0 aromatic heterocycles. The number of benzene rings is 2. The van der Waals surface area contributed by atoms with E-state index in [2.05, 4.69) is 15.5 Å². The molecule has 3 aliphatic rings. The van der Waals surface area contributed by atoms with Gasteiger partial charge in [-0.2, -0.15) is 0 Å². The second-order valence-corrected chi connectivity index (χ2v) is 9.84. The molecule has 2 aromatic carbocycles. The van der Waals surface area contributed by atoms with Crippen LogP contribution >= 0.6 is 11.6 Å². The molecule has 2 aromatic rings. The molecule has 2 saturated heterocycles. The molecular formula is C26H26ClN5O5. The molecule has 3 aliphatic heterocycles. The number of rotatable bonds is 6. The van der Waals surface area contributed by atoms with Crippen molar-refractivity contribution in [2.45, 2.75) is 25.4 Å². The molecule has 0 radical (unpaired) electrons. The summed E-state index contributed by atoms with van der Waals surface area (Å²) in [5.74, 6) is -2.66. The third-order valence-corrected chi connectivity index (χ3v) is 7.15. The summed E-state index contributed by atoms with van der Waals surface area (Å²) < 4.78 is 0. The van der Waals surface area contributed by atoms with Crippen molar-refractivity contribution in [1.29, 1.82) is 0 Å². The number of imide groups is 2. The standard InChI is InChI=1S/C26H26ClN5O5/c27-17-6-4-16(5-7-17)14-30-10-12-31(13-11-30)15-22(34)28-19-3-1-2-18-23(19)26(37)32(25(18)36)20-8-9-21(33)29-24(20)35/h1-7,20H,8-15H2,(H,28,34)(H,29,33,35). The molecule has 0 bridgehead atoms. The minimum atomic E-state index is -1.06. The second kappa shape index (κ2) is 10.4. The van der Waals surface area contributed by atoms with Gasteiger partial charge in [-0.25, -0.2) is 0 Å². The zero-order valence-corrected chi connectivity index (χ0v) is 20.8. The van der Waals surface area contributed by atoms with Gasteiger partial charge in [0, 0.05) is 44.2 Å². The van der Waals surface area contributed by atoms with Crippen LogP contribution in [-0.2, 0) is 20.9 Å². The van der Waals surface area contributed by atoms with Gasteiger partial charge >= 0.3 is 0 Å². The Labute approximate surface area is 218 Å². The third kappa shape index (κ3) is 5.27. The van der Waals surface area contributed by atoms with Gasteiger partial charge in [0.05, 0.1) is 23.4 Å². The monoisotopic (exact) mass is 523 g/mol. The molecule has 1 atom stereocenters. The van der Waals surface area contributed by atoms with Crippen molar-refractivity contribution in [1.82, 2.24) is 20.0 Å². The maximum absolute atomic E-state index is 13.2. The fraction of sp³-hybridized carbons (Fsp3) is 0.346. The number of piperazine rings is 1. The number of nitrogens with one attached hydrogen (secondary N) is 2. The topological polar surface area (TPSA) is 119 Å². The van der Waals surface area contributed by atoms with Gasteiger partial charge in [0.25, 0.3) is 11.8 Å². The first-order valence-corrected chi connectivity index (χ1v) is 12.5. The van der Waals surface area contributed by atoms with E-state index in [1.165, 1.54) is 11.6 Å². The van der Waals surface area contributed by atoms with E-state index in [1.807, 2.05) is 29.2 Å². The molecule has 192 valence electrons. The minimum Gasteiger partial charge on any atom is -0.324 e. The van der Waals surface area contributed by atoms with E-state index in [0.717, 1.165) is 24.5 Å². The van der Waals surface area contributed by atoms with Crippen molar-refractivity contribution in [3.63, 3.8) is 0 Å². The van der Waals surface area contributed by atoms with E-state index in [4.69, 9.17) is 11.6 Å². The Morgan fingerprint density at radius 2 is 1.65 bits per heavy atom. The van der Waals surface area contributed by atoms with Gasteiger partial charge in [0.1, 0.15) is 6.04 Å². The minimum absolute atomic E-state index is 0.0420. The Balaban J connectivity index is 1.19. The highest BCUT2D eigenvalue weighted by Crippen LogP contribution is 2.32. The van der Waals surface area contributed by atoms with Crippen LogP contribution in [0.5, 0.6) is 0 Å². The van der Waals surface area contributed by atoms with E-state index >= 15 is 0 Å². The van der Waals surface area contributed by atoms with Crippen molar-refractivity contribution >= 4 is 46.8 Å². The van der Waals surface area contributed by atoms with E-state index < -0.39 is 29.7 Å². The quantitative estimate of drug-likeness (QED) is 0.551. The zero-order valence-electron chi connectivity index (χ0n) is 20.0. The molecule has 2 N–H and O–H groups in total. The van der Waals surface area contributed by atoms with Crippen molar-refractivity contribution in [2.24, 2.45) is 0 Å². The van der Waals surface area contributed by atoms with Gasteiger partial charge in [-0.3, -0.25) is 44.0 Å². The summed E-state index contributed by atoms with van der Waals surface area (Å²) in [6, 6.07) is 11.4.